The monoisotopic (exact) mass is 348 g/mol. The highest BCUT2D eigenvalue weighted by atomic mass is 32.2. The lowest BCUT2D eigenvalue weighted by Gasteiger charge is -2.27. The first-order valence-electron chi connectivity index (χ1n) is 7.41. The molecule has 7 heteroatoms. The van der Waals surface area contributed by atoms with Crippen molar-refractivity contribution in [3.63, 3.8) is 0 Å². The van der Waals surface area contributed by atoms with Crippen LogP contribution in [0.25, 0.3) is 0 Å². The summed E-state index contributed by atoms with van der Waals surface area (Å²) < 4.78 is 40.8. The van der Waals surface area contributed by atoms with E-state index < -0.39 is 22.0 Å². The Bertz CT molecular complexity index is 884. The molecular weight excluding hydrogens is 331 g/mol. The predicted molar refractivity (Wildman–Crippen MR) is 87.0 cm³/mol. The minimum absolute atomic E-state index is 0.119. The van der Waals surface area contributed by atoms with Crippen LogP contribution in [0.4, 0.5) is 4.39 Å². The Labute approximate surface area is 140 Å². The molecule has 1 aliphatic rings. The zero-order valence-corrected chi connectivity index (χ0v) is 14.1. The molecule has 1 amide bonds. The van der Waals surface area contributed by atoms with E-state index in [0.29, 0.717) is 11.1 Å². The summed E-state index contributed by atoms with van der Waals surface area (Å²) in [5, 5.41) is 0. The van der Waals surface area contributed by atoms with Crippen LogP contribution in [0.2, 0.25) is 0 Å². The van der Waals surface area contributed by atoms with Gasteiger partial charge in [0.2, 0.25) is 15.9 Å². The van der Waals surface area contributed by atoms with Crippen molar-refractivity contribution < 1.29 is 17.6 Å². The van der Waals surface area contributed by atoms with Crippen LogP contribution in [0.5, 0.6) is 0 Å². The third kappa shape index (κ3) is 2.70. The first kappa shape index (κ1) is 16.6. The minimum Gasteiger partial charge on any atom is -0.324 e. The first-order chi connectivity index (χ1) is 11.3. The molecule has 5 nitrogen and oxygen atoms in total. The van der Waals surface area contributed by atoms with Crippen LogP contribution in [-0.2, 0) is 14.8 Å². The van der Waals surface area contributed by atoms with Gasteiger partial charge in [-0.15, -0.1) is 0 Å². The molecule has 0 bridgehead atoms. The van der Waals surface area contributed by atoms with Crippen LogP contribution in [0.1, 0.15) is 17.3 Å². The predicted octanol–water partition coefficient (Wildman–Crippen LogP) is 2.30. The van der Waals surface area contributed by atoms with E-state index in [1.807, 2.05) is 6.07 Å². The molecule has 24 heavy (non-hydrogen) atoms. The maximum atomic E-state index is 13.6. The van der Waals surface area contributed by atoms with Crippen LogP contribution in [-0.4, -0.2) is 37.1 Å². The van der Waals surface area contributed by atoms with E-state index in [1.54, 1.807) is 38.2 Å². The van der Waals surface area contributed by atoms with Gasteiger partial charge in [0, 0.05) is 7.05 Å². The summed E-state index contributed by atoms with van der Waals surface area (Å²) >= 11 is 0. The van der Waals surface area contributed by atoms with Crippen LogP contribution in [0, 0.1) is 12.7 Å². The molecule has 1 aliphatic heterocycles. The molecule has 126 valence electrons. The minimum atomic E-state index is -4.02. The number of nitrogens with zero attached hydrogens (tertiary/aromatic N) is 2. The van der Waals surface area contributed by atoms with Crippen molar-refractivity contribution in [1.29, 1.82) is 0 Å². The number of halogens is 1. The summed E-state index contributed by atoms with van der Waals surface area (Å²) in [7, 11) is -2.46. The number of carbonyl (C=O) groups excluding carboxylic acids is 1. The molecule has 2 aromatic carbocycles. The van der Waals surface area contributed by atoms with Gasteiger partial charge in [-0.25, -0.2) is 12.8 Å². The van der Waals surface area contributed by atoms with Crippen molar-refractivity contribution in [3.8, 4) is 0 Å². The summed E-state index contributed by atoms with van der Waals surface area (Å²) in [6.45, 7) is 1.33. The molecule has 0 aliphatic carbocycles. The Morgan fingerprint density at radius 2 is 1.79 bits per heavy atom. The number of sulfonamides is 1. The summed E-state index contributed by atoms with van der Waals surface area (Å²) in [6.07, 6.45) is -0.744. The average Bonchev–Trinajstić information content (AvgIpc) is 2.87. The number of aryl methyl sites for hydroxylation is 1. The number of likely N-dealkylation sites (N-methyl/N-ethyl adjacent to an activating group) is 1. The van der Waals surface area contributed by atoms with Gasteiger partial charge in [-0.3, -0.25) is 4.79 Å². The van der Waals surface area contributed by atoms with Gasteiger partial charge < -0.3 is 4.90 Å². The fraction of sp³-hybridized carbons (Fsp3) is 0.235. The summed E-state index contributed by atoms with van der Waals surface area (Å²) in [5.41, 5.74) is 1.12. The van der Waals surface area contributed by atoms with E-state index in [1.165, 1.54) is 17.0 Å². The quantitative estimate of drug-likeness (QED) is 0.855. The lowest BCUT2D eigenvalue weighted by molar-refractivity contribution is -0.126. The standard InChI is InChI=1S/C17H17FN2O3S/c1-12-8-9-14(18)10-15(12)24(22,23)20-11-16(21)19(2)17(20)13-6-4-3-5-7-13/h3-10,17H,11H2,1-2H3. The van der Waals surface area contributed by atoms with E-state index in [9.17, 15) is 17.6 Å². The molecule has 1 atom stereocenters. The van der Waals surface area contributed by atoms with Gasteiger partial charge in [0.15, 0.2) is 0 Å². The number of hydrogen-bond donors (Lipinski definition) is 0. The van der Waals surface area contributed by atoms with E-state index in [4.69, 9.17) is 0 Å². The zero-order chi connectivity index (χ0) is 17.5. The van der Waals surface area contributed by atoms with Crippen LogP contribution < -0.4 is 0 Å². The Kier molecular flexibility index (Phi) is 4.15. The van der Waals surface area contributed by atoms with Gasteiger partial charge >= 0.3 is 0 Å². The second-order valence-corrected chi connectivity index (χ2v) is 7.61. The Balaban J connectivity index is 2.12. The molecule has 0 spiro atoms. The van der Waals surface area contributed by atoms with Crippen molar-refractivity contribution in [2.75, 3.05) is 13.6 Å². The fourth-order valence-electron chi connectivity index (χ4n) is 2.87. The molecule has 1 heterocycles. The summed E-state index contributed by atoms with van der Waals surface area (Å²) in [4.78, 5) is 13.4. The lowest BCUT2D eigenvalue weighted by Crippen LogP contribution is -2.34. The van der Waals surface area contributed by atoms with Crippen LogP contribution in [0.15, 0.2) is 53.4 Å². The molecule has 1 unspecified atom stereocenters. The van der Waals surface area contributed by atoms with Crippen LogP contribution >= 0.6 is 0 Å². The van der Waals surface area contributed by atoms with E-state index in [-0.39, 0.29) is 17.3 Å². The van der Waals surface area contributed by atoms with Crippen molar-refractivity contribution in [2.24, 2.45) is 0 Å². The smallest absolute Gasteiger partial charge is 0.245 e. The highest BCUT2D eigenvalue weighted by Gasteiger charge is 2.44. The maximum absolute atomic E-state index is 13.6. The molecule has 0 saturated carbocycles. The number of carbonyl (C=O) groups is 1. The van der Waals surface area contributed by atoms with Crippen molar-refractivity contribution in [2.45, 2.75) is 18.0 Å². The number of hydrogen-bond acceptors (Lipinski definition) is 3. The highest BCUT2D eigenvalue weighted by Crippen LogP contribution is 2.35. The maximum Gasteiger partial charge on any atom is 0.245 e. The second-order valence-electron chi connectivity index (χ2n) is 5.75. The van der Waals surface area contributed by atoms with E-state index in [0.717, 1.165) is 10.4 Å². The van der Waals surface area contributed by atoms with Crippen molar-refractivity contribution in [3.05, 3.63) is 65.5 Å². The topological polar surface area (TPSA) is 57.7 Å². The zero-order valence-electron chi connectivity index (χ0n) is 13.3. The summed E-state index contributed by atoms with van der Waals surface area (Å²) in [5.74, 6) is -0.934. The lowest BCUT2D eigenvalue weighted by atomic mass is 10.2. The average molecular weight is 348 g/mol. The van der Waals surface area contributed by atoms with Gasteiger partial charge in [-0.1, -0.05) is 36.4 Å². The largest absolute Gasteiger partial charge is 0.324 e. The molecule has 1 fully saturated rings. The Hall–Kier alpha value is -2.25. The molecule has 1 saturated heterocycles. The third-order valence-electron chi connectivity index (χ3n) is 4.16. The van der Waals surface area contributed by atoms with Gasteiger partial charge in [0.1, 0.15) is 12.0 Å². The van der Waals surface area contributed by atoms with Gasteiger partial charge in [-0.2, -0.15) is 4.31 Å². The molecule has 0 radical (unpaired) electrons. The van der Waals surface area contributed by atoms with E-state index in [2.05, 4.69) is 0 Å². The number of amides is 1. The highest BCUT2D eigenvalue weighted by molar-refractivity contribution is 7.89. The SMILES string of the molecule is Cc1ccc(F)cc1S(=O)(=O)N1CC(=O)N(C)C1c1ccccc1. The first-order valence-corrected chi connectivity index (χ1v) is 8.85. The van der Waals surface area contributed by atoms with Gasteiger partial charge in [-0.05, 0) is 30.2 Å². The van der Waals surface area contributed by atoms with Gasteiger partial charge in [0.05, 0.1) is 11.4 Å². The van der Waals surface area contributed by atoms with Gasteiger partial charge in [0.25, 0.3) is 0 Å². The second kappa shape index (κ2) is 5.99. The van der Waals surface area contributed by atoms with Crippen LogP contribution in [0.3, 0.4) is 0 Å². The Morgan fingerprint density at radius 1 is 1.12 bits per heavy atom. The normalized spacial score (nSPS) is 19.0. The van der Waals surface area contributed by atoms with Crippen molar-refractivity contribution >= 4 is 15.9 Å². The van der Waals surface area contributed by atoms with E-state index >= 15 is 0 Å². The molecule has 2 aromatic rings. The number of benzene rings is 2. The fourth-order valence-corrected chi connectivity index (χ4v) is 4.67. The molecule has 3 rings (SSSR count). The third-order valence-corrected chi connectivity index (χ3v) is 6.10. The van der Waals surface area contributed by atoms with Crippen molar-refractivity contribution in [1.82, 2.24) is 9.21 Å². The summed E-state index contributed by atoms with van der Waals surface area (Å²) in [6, 6.07) is 12.5. The molecule has 0 aromatic heterocycles. The molecule has 0 N–H and O–H groups in total. The molecular formula is C17H17FN2O3S. The Morgan fingerprint density at radius 3 is 2.46 bits per heavy atom. The number of rotatable bonds is 3.